The molecule has 0 radical (unpaired) electrons. The van der Waals surface area contributed by atoms with E-state index in [9.17, 15) is 0 Å². The third-order valence-corrected chi connectivity index (χ3v) is 5.15. The summed E-state index contributed by atoms with van der Waals surface area (Å²) in [5.41, 5.74) is 4.77. The SMILES string of the molecule is CCc1ccc(COc2cc(OC)c(CNCCc3ccccc3)c(OC)c2)cc1. The second kappa shape index (κ2) is 11.3. The van der Waals surface area contributed by atoms with Gasteiger partial charge in [0, 0.05) is 18.7 Å². The van der Waals surface area contributed by atoms with Crippen molar-refractivity contribution in [3.63, 3.8) is 0 Å². The molecule has 30 heavy (non-hydrogen) atoms. The Kier molecular flexibility index (Phi) is 8.16. The van der Waals surface area contributed by atoms with E-state index in [1.807, 2.05) is 18.2 Å². The molecule has 0 saturated carbocycles. The molecule has 0 atom stereocenters. The molecule has 3 aromatic carbocycles. The van der Waals surface area contributed by atoms with E-state index in [1.165, 1.54) is 11.1 Å². The molecular weight excluding hydrogens is 374 g/mol. The Morgan fingerprint density at radius 3 is 2.00 bits per heavy atom. The number of nitrogens with one attached hydrogen (secondary N) is 1. The van der Waals surface area contributed by atoms with Crippen molar-refractivity contribution in [2.45, 2.75) is 32.9 Å². The molecule has 0 heterocycles. The van der Waals surface area contributed by atoms with Gasteiger partial charge in [-0.05, 0) is 36.1 Å². The van der Waals surface area contributed by atoms with Crippen molar-refractivity contribution in [3.8, 4) is 17.2 Å². The van der Waals surface area contributed by atoms with Crippen molar-refractivity contribution in [1.82, 2.24) is 5.32 Å². The Morgan fingerprint density at radius 1 is 0.767 bits per heavy atom. The highest BCUT2D eigenvalue weighted by atomic mass is 16.5. The molecular formula is C26H31NO3. The van der Waals surface area contributed by atoms with Crippen LogP contribution >= 0.6 is 0 Å². The average Bonchev–Trinajstić information content (AvgIpc) is 2.81. The second-order valence-electron chi connectivity index (χ2n) is 7.18. The molecule has 0 amide bonds. The molecule has 0 spiro atoms. The van der Waals surface area contributed by atoms with Gasteiger partial charge in [-0.15, -0.1) is 0 Å². The highest BCUT2D eigenvalue weighted by molar-refractivity contribution is 5.50. The summed E-state index contributed by atoms with van der Waals surface area (Å²) < 4.78 is 17.3. The molecule has 3 aromatic rings. The number of hydrogen-bond acceptors (Lipinski definition) is 4. The van der Waals surface area contributed by atoms with Crippen LogP contribution in [0.3, 0.4) is 0 Å². The fourth-order valence-corrected chi connectivity index (χ4v) is 3.35. The zero-order valence-electron chi connectivity index (χ0n) is 18.1. The number of ether oxygens (including phenoxy) is 3. The van der Waals surface area contributed by atoms with E-state index in [4.69, 9.17) is 14.2 Å². The maximum atomic E-state index is 6.01. The third-order valence-electron chi connectivity index (χ3n) is 5.15. The van der Waals surface area contributed by atoms with Gasteiger partial charge in [0.2, 0.25) is 0 Å². The lowest BCUT2D eigenvalue weighted by atomic mass is 10.1. The first kappa shape index (κ1) is 21.7. The van der Waals surface area contributed by atoms with Crippen LogP contribution in [-0.4, -0.2) is 20.8 Å². The van der Waals surface area contributed by atoms with Gasteiger partial charge in [-0.25, -0.2) is 0 Å². The van der Waals surface area contributed by atoms with E-state index in [1.54, 1.807) is 14.2 Å². The lowest BCUT2D eigenvalue weighted by Crippen LogP contribution is -2.17. The second-order valence-corrected chi connectivity index (χ2v) is 7.18. The summed E-state index contributed by atoms with van der Waals surface area (Å²) in [5, 5.41) is 3.49. The molecule has 4 heteroatoms. The Morgan fingerprint density at radius 2 is 1.40 bits per heavy atom. The van der Waals surface area contributed by atoms with Crippen LogP contribution in [0.2, 0.25) is 0 Å². The third kappa shape index (κ3) is 6.01. The summed E-state index contributed by atoms with van der Waals surface area (Å²) in [4.78, 5) is 0. The van der Waals surface area contributed by atoms with Crippen molar-refractivity contribution in [3.05, 3.63) is 89.0 Å². The van der Waals surface area contributed by atoms with Crippen molar-refractivity contribution >= 4 is 0 Å². The molecule has 0 saturated heterocycles. The Bertz CT molecular complexity index is 882. The van der Waals surface area contributed by atoms with Crippen LogP contribution in [-0.2, 0) is 26.0 Å². The predicted molar refractivity (Wildman–Crippen MR) is 122 cm³/mol. The van der Waals surface area contributed by atoms with Gasteiger partial charge in [0.15, 0.2) is 0 Å². The Labute approximate surface area is 179 Å². The first-order chi connectivity index (χ1) is 14.7. The standard InChI is InChI=1S/C26H31NO3/c1-4-20-10-12-22(13-11-20)19-30-23-16-25(28-2)24(26(17-23)29-3)18-27-15-14-21-8-6-5-7-9-21/h5-13,16-17,27H,4,14-15,18-19H2,1-3H3. The first-order valence-electron chi connectivity index (χ1n) is 10.4. The van der Waals surface area contributed by atoms with Crippen LogP contribution < -0.4 is 19.5 Å². The highest BCUT2D eigenvalue weighted by Crippen LogP contribution is 2.34. The van der Waals surface area contributed by atoms with Gasteiger partial charge in [0.05, 0.1) is 19.8 Å². The zero-order valence-corrected chi connectivity index (χ0v) is 18.1. The van der Waals surface area contributed by atoms with Gasteiger partial charge in [0.1, 0.15) is 23.9 Å². The summed E-state index contributed by atoms with van der Waals surface area (Å²) >= 11 is 0. The molecule has 0 aliphatic heterocycles. The molecule has 0 unspecified atom stereocenters. The quantitative estimate of drug-likeness (QED) is 0.446. The average molecular weight is 406 g/mol. The largest absolute Gasteiger partial charge is 0.496 e. The van der Waals surface area contributed by atoms with E-state index in [0.29, 0.717) is 13.2 Å². The Hall–Kier alpha value is -2.98. The van der Waals surface area contributed by atoms with E-state index >= 15 is 0 Å². The molecule has 0 aromatic heterocycles. The molecule has 158 valence electrons. The number of aryl methyl sites for hydroxylation is 1. The number of hydrogen-bond donors (Lipinski definition) is 1. The van der Waals surface area contributed by atoms with Crippen molar-refractivity contribution in [2.24, 2.45) is 0 Å². The molecule has 0 fully saturated rings. The van der Waals surface area contributed by atoms with Crippen LogP contribution in [0, 0.1) is 0 Å². The van der Waals surface area contributed by atoms with Gasteiger partial charge in [-0.1, -0.05) is 61.5 Å². The fraction of sp³-hybridized carbons (Fsp3) is 0.308. The maximum Gasteiger partial charge on any atom is 0.130 e. The number of rotatable bonds is 11. The van der Waals surface area contributed by atoms with Crippen LogP contribution in [0.1, 0.15) is 29.2 Å². The lowest BCUT2D eigenvalue weighted by Gasteiger charge is -2.16. The molecule has 1 N–H and O–H groups in total. The first-order valence-corrected chi connectivity index (χ1v) is 10.4. The maximum absolute atomic E-state index is 6.01. The molecule has 3 rings (SSSR count). The number of methoxy groups -OCH3 is 2. The van der Waals surface area contributed by atoms with Gasteiger partial charge in [-0.3, -0.25) is 0 Å². The highest BCUT2D eigenvalue weighted by Gasteiger charge is 2.13. The van der Waals surface area contributed by atoms with Gasteiger partial charge in [0.25, 0.3) is 0 Å². The van der Waals surface area contributed by atoms with E-state index in [-0.39, 0.29) is 0 Å². The minimum Gasteiger partial charge on any atom is -0.496 e. The summed E-state index contributed by atoms with van der Waals surface area (Å²) in [7, 11) is 3.35. The predicted octanol–water partition coefficient (Wildman–Crippen LogP) is 5.18. The van der Waals surface area contributed by atoms with Crippen LogP contribution in [0.15, 0.2) is 66.7 Å². The molecule has 0 bridgehead atoms. The summed E-state index contributed by atoms with van der Waals surface area (Å²) in [5.74, 6) is 2.26. The summed E-state index contributed by atoms with van der Waals surface area (Å²) in [6, 6.07) is 22.8. The number of benzene rings is 3. The molecule has 4 nitrogen and oxygen atoms in total. The van der Waals surface area contributed by atoms with Crippen molar-refractivity contribution in [1.29, 1.82) is 0 Å². The zero-order chi connectivity index (χ0) is 21.2. The van der Waals surface area contributed by atoms with Gasteiger partial charge in [-0.2, -0.15) is 0 Å². The van der Waals surface area contributed by atoms with Gasteiger partial charge < -0.3 is 19.5 Å². The van der Waals surface area contributed by atoms with Crippen LogP contribution in [0.25, 0.3) is 0 Å². The molecule has 0 aliphatic carbocycles. The van der Waals surface area contributed by atoms with E-state index < -0.39 is 0 Å². The minimum absolute atomic E-state index is 0.505. The minimum atomic E-state index is 0.505. The van der Waals surface area contributed by atoms with Crippen LogP contribution in [0.5, 0.6) is 17.2 Å². The Balaban J connectivity index is 1.62. The van der Waals surface area contributed by atoms with Crippen LogP contribution in [0.4, 0.5) is 0 Å². The monoisotopic (exact) mass is 405 g/mol. The lowest BCUT2D eigenvalue weighted by molar-refractivity contribution is 0.299. The van der Waals surface area contributed by atoms with Crippen molar-refractivity contribution < 1.29 is 14.2 Å². The van der Waals surface area contributed by atoms with Crippen molar-refractivity contribution in [2.75, 3.05) is 20.8 Å². The normalized spacial score (nSPS) is 10.6. The summed E-state index contributed by atoms with van der Waals surface area (Å²) in [6.45, 7) is 4.20. The van der Waals surface area contributed by atoms with Gasteiger partial charge >= 0.3 is 0 Å². The fourth-order valence-electron chi connectivity index (χ4n) is 3.35. The molecule has 0 aliphatic rings. The smallest absolute Gasteiger partial charge is 0.130 e. The topological polar surface area (TPSA) is 39.7 Å². The van der Waals surface area contributed by atoms with E-state index in [2.05, 4.69) is 60.8 Å². The van der Waals surface area contributed by atoms with E-state index in [0.717, 1.165) is 47.8 Å². The summed E-state index contributed by atoms with van der Waals surface area (Å²) in [6.07, 6.45) is 2.01.